The number of fused-ring (bicyclic) bond motifs is 1. The van der Waals surface area contributed by atoms with Gasteiger partial charge in [-0.2, -0.15) is 0 Å². The van der Waals surface area contributed by atoms with Crippen LogP contribution in [0.3, 0.4) is 0 Å². The molecule has 16 heavy (non-hydrogen) atoms. The third kappa shape index (κ3) is 1.47. The number of benzene rings is 1. The van der Waals surface area contributed by atoms with Gasteiger partial charge in [0.1, 0.15) is 0 Å². The lowest BCUT2D eigenvalue weighted by Crippen LogP contribution is -2.09. The van der Waals surface area contributed by atoms with Crippen LogP contribution in [-0.4, -0.2) is 11.8 Å². The normalized spacial score (nSPS) is 14.8. The second-order valence-electron chi connectivity index (χ2n) is 3.89. The van der Waals surface area contributed by atoms with E-state index in [-0.39, 0.29) is 0 Å². The summed E-state index contributed by atoms with van der Waals surface area (Å²) in [6.45, 7) is 1.49. The maximum atomic E-state index is 5.69. The predicted molar refractivity (Wildman–Crippen MR) is 59.7 cm³/mol. The summed E-state index contributed by atoms with van der Waals surface area (Å²) in [5, 5.41) is 3.69. The molecule has 1 aliphatic heterocycles. The molecule has 0 spiro atoms. The Morgan fingerprint density at radius 3 is 3.00 bits per heavy atom. The Balaban J connectivity index is 2.06. The van der Waals surface area contributed by atoms with Crippen LogP contribution in [0, 0.1) is 0 Å². The van der Waals surface area contributed by atoms with E-state index in [2.05, 4.69) is 17.3 Å². The summed E-state index contributed by atoms with van der Waals surface area (Å²) in [5.74, 6) is 0.368. The summed E-state index contributed by atoms with van der Waals surface area (Å²) < 4.78 is 10.3. The highest BCUT2D eigenvalue weighted by atomic mass is 16.5. The molecule has 82 valence electrons. The molecule has 0 aliphatic carbocycles. The number of anilines is 1. The molecule has 0 atom stereocenters. The highest BCUT2D eigenvalue weighted by Crippen LogP contribution is 2.28. The maximum absolute atomic E-state index is 5.69. The van der Waals surface area contributed by atoms with Gasteiger partial charge in [0.05, 0.1) is 25.0 Å². The van der Waals surface area contributed by atoms with Gasteiger partial charge in [-0.25, -0.2) is 0 Å². The van der Waals surface area contributed by atoms with Gasteiger partial charge in [-0.15, -0.1) is 0 Å². The van der Waals surface area contributed by atoms with Gasteiger partial charge in [0, 0.05) is 0 Å². The lowest BCUT2D eigenvalue weighted by atomic mass is 9.98. The SMILES string of the molecule is Nc1oncc1-c1ccc2c(c1)CCOC2. The van der Waals surface area contributed by atoms with Gasteiger partial charge in [0.25, 0.3) is 0 Å². The van der Waals surface area contributed by atoms with Crippen molar-refractivity contribution in [1.82, 2.24) is 5.16 Å². The summed E-state index contributed by atoms with van der Waals surface area (Å²) in [6.07, 6.45) is 2.60. The molecule has 0 bridgehead atoms. The molecule has 0 unspecified atom stereocenters. The molecule has 0 saturated heterocycles. The van der Waals surface area contributed by atoms with E-state index in [1.807, 2.05) is 6.07 Å². The van der Waals surface area contributed by atoms with Gasteiger partial charge in [0.15, 0.2) is 0 Å². The lowest BCUT2D eigenvalue weighted by Gasteiger charge is -2.16. The molecule has 2 N–H and O–H groups in total. The van der Waals surface area contributed by atoms with Crippen LogP contribution in [0.4, 0.5) is 5.88 Å². The molecule has 1 aliphatic rings. The zero-order valence-corrected chi connectivity index (χ0v) is 8.77. The Labute approximate surface area is 93.0 Å². The third-order valence-corrected chi connectivity index (χ3v) is 2.89. The van der Waals surface area contributed by atoms with Crippen LogP contribution in [0.2, 0.25) is 0 Å². The van der Waals surface area contributed by atoms with Crippen molar-refractivity contribution in [3.05, 3.63) is 35.5 Å². The monoisotopic (exact) mass is 216 g/mol. The lowest BCUT2D eigenvalue weighted by molar-refractivity contribution is 0.111. The number of aromatic nitrogens is 1. The van der Waals surface area contributed by atoms with Gasteiger partial charge in [-0.1, -0.05) is 23.4 Å². The van der Waals surface area contributed by atoms with Gasteiger partial charge >= 0.3 is 0 Å². The summed E-state index contributed by atoms with van der Waals surface area (Å²) in [4.78, 5) is 0. The molecule has 4 heteroatoms. The van der Waals surface area contributed by atoms with Crippen molar-refractivity contribution in [2.75, 3.05) is 12.3 Å². The Hall–Kier alpha value is -1.81. The Bertz CT molecular complexity index is 519. The van der Waals surface area contributed by atoms with E-state index in [4.69, 9.17) is 15.0 Å². The van der Waals surface area contributed by atoms with E-state index >= 15 is 0 Å². The fourth-order valence-corrected chi connectivity index (χ4v) is 2.00. The van der Waals surface area contributed by atoms with Gasteiger partial charge < -0.3 is 15.0 Å². The molecule has 2 heterocycles. The van der Waals surface area contributed by atoms with Crippen LogP contribution < -0.4 is 5.73 Å². The molecular weight excluding hydrogens is 204 g/mol. The Morgan fingerprint density at radius 2 is 2.19 bits per heavy atom. The molecule has 1 aromatic carbocycles. The highest BCUT2D eigenvalue weighted by molar-refractivity contribution is 5.72. The van der Waals surface area contributed by atoms with E-state index in [1.54, 1.807) is 6.20 Å². The predicted octanol–water partition coefficient (Wildman–Crippen LogP) is 2.00. The van der Waals surface area contributed by atoms with Crippen LogP contribution in [0.1, 0.15) is 11.1 Å². The molecule has 2 aromatic rings. The van der Waals surface area contributed by atoms with Crippen molar-refractivity contribution in [3.63, 3.8) is 0 Å². The van der Waals surface area contributed by atoms with E-state index in [0.717, 1.165) is 24.2 Å². The van der Waals surface area contributed by atoms with E-state index < -0.39 is 0 Å². The van der Waals surface area contributed by atoms with Crippen LogP contribution in [0.15, 0.2) is 28.9 Å². The first-order chi connectivity index (χ1) is 7.84. The maximum Gasteiger partial charge on any atom is 0.229 e. The van der Waals surface area contributed by atoms with Crippen LogP contribution in [0.25, 0.3) is 11.1 Å². The number of nitrogens with two attached hydrogens (primary N) is 1. The number of hydrogen-bond donors (Lipinski definition) is 1. The van der Waals surface area contributed by atoms with Crippen molar-refractivity contribution in [2.45, 2.75) is 13.0 Å². The minimum absolute atomic E-state index is 0.368. The highest BCUT2D eigenvalue weighted by Gasteiger charge is 2.12. The summed E-state index contributed by atoms with van der Waals surface area (Å²) >= 11 is 0. The average molecular weight is 216 g/mol. The van der Waals surface area contributed by atoms with Crippen LogP contribution in [0.5, 0.6) is 0 Å². The fraction of sp³-hybridized carbons (Fsp3) is 0.250. The second-order valence-corrected chi connectivity index (χ2v) is 3.89. The van der Waals surface area contributed by atoms with E-state index in [9.17, 15) is 0 Å². The first-order valence-electron chi connectivity index (χ1n) is 5.24. The van der Waals surface area contributed by atoms with Crippen molar-refractivity contribution < 1.29 is 9.26 Å². The van der Waals surface area contributed by atoms with Crippen molar-refractivity contribution in [3.8, 4) is 11.1 Å². The number of nitrogens with zero attached hydrogens (tertiary/aromatic N) is 1. The van der Waals surface area contributed by atoms with Gasteiger partial charge in [0.2, 0.25) is 5.88 Å². The minimum Gasteiger partial charge on any atom is -0.376 e. The molecule has 0 saturated carbocycles. The molecule has 3 rings (SSSR count). The first kappa shape index (κ1) is 9.42. The zero-order chi connectivity index (χ0) is 11.0. The topological polar surface area (TPSA) is 61.3 Å². The third-order valence-electron chi connectivity index (χ3n) is 2.89. The summed E-state index contributed by atoms with van der Waals surface area (Å²) in [5.41, 5.74) is 10.2. The first-order valence-corrected chi connectivity index (χ1v) is 5.24. The minimum atomic E-state index is 0.368. The molecule has 0 fully saturated rings. The zero-order valence-electron chi connectivity index (χ0n) is 8.77. The van der Waals surface area contributed by atoms with Crippen LogP contribution >= 0.6 is 0 Å². The molecule has 0 radical (unpaired) electrons. The second kappa shape index (κ2) is 3.64. The fourth-order valence-electron chi connectivity index (χ4n) is 2.00. The Morgan fingerprint density at radius 1 is 1.25 bits per heavy atom. The van der Waals surface area contributed by atoms with Crippen molar-refractivity contribution in [1.29, 1.82) is 0 Å². The largest absolute Gasteiger partial charge is 0.376 e. The van der Waals surface area contributed by atoms with E-state index in [0.29, 0.717) is 12.5 Å². The molecule has 1 aromatic heterocycles. The van der Waals surface area contributed by atoms with Gasteiger partial charge in [-0.3, -0.25) is 0 Å². The van der Waals surface area contributed by atoms with Crippen molar-refractivity contribution in [2.24, 2.45) is 0 Å². The quantitative estimate of drug-likeness (QED) is 0.791. The average Bonchev–Trinajstić information content (AvgIpc) is 2.75. The molecule has 4 nitrogen and oxygen atoms in total. The molecular formula is C12H12N2O2. The molecule has 0 amide bonds. The number of hydrogen-bond acceptors (Lipinski definition) is 4. The van der Waals surface area contributed by atoms with Crippen LogP contribution in [-0.2, 0) is 17.8 Å². The van der Waals surface area contributed by atoms with E-state index in [1.165, 1.54) is 11.1 Å². The standard InChI is InChI=1S/C12H12N2O2/c13-12-11(6-14-16-12)9-1-2-10-7-15-4-3-8(10)5-9/h1-2,5-6H,3-4,7,13H2. The number of nitrogen functional groups attached to an aromatic ring is 1. The number of ether oxygens (including phenoxy) is 1. The number of rotatable bonds is 1. The smallest absolute Gasteiger partial charge is 0.229 e. The summed E-state index contributed by atoms with van der Waals surface area (Å²) in [6, 6.07) is 6.24. The summed E-state index contributed by atoms with van der Waals surface area (Å²) in [7, 11) is 0. The van der Waals surface area contributed by atoms with Gasteiger partial charge in [-0.05, 0) is 23.1 Å². The Kier molecular flexibility index (Phi) is 2.15. The van der Waals surface area contributed by atoms with Crippen molar-refractivity contribution >= 4 is 5.88 Å².